The van der Waals surface area contributed by atoms with Gasteiger partial charge in [-0.05, 0) is 39.7 Å². The fraction of sp³-hybridized carbons (Fsp3) is 0. The van der Waals surface area contributed by atoms with Gasteiger partial charge in [0, 0.05) is 4.48 Å². The zero-order valence-electron chi connectivity index (χ0n) is 11.0. The number of nitrogens with one attached hydrogen (secondary N) is 1. The van der Waals surface area contributed by atoms with Gasteiger partial charge in [-0.25, -0.2) is 4.98 Å². The van der Waals surface area contributed by atoms with Crippen molar-refractivity contribution in [3.05, 3.63) is 64.6 Å². The van der Waals surface area contributed by atoms with Crippen LogP contribution in [-0.4, -0.2) is 11.2 Å². The van der Waals surface area contributed by atoms with E-state index in [-0.39, 0.29) is 0 Å². The number of allylic oxidation sites excluding steroid dienone is 1. The van der Waals surface area contributed by atoms with Crippen LogP contribution < -0.4 is 5.43 Å². The maximum atomic E-state index is 4.45. The van der Waals surface area contributed by atoms with Crippen molar-refractivity contribution < 1.29 is 0 Å². The molecule has 1 N–H and O–H groups in total. The number of fused-ring (bicyclic) bond motifs is 1. The molecule has 0 aliphatic rings. The van der Waals surface area contributed by atoms with Crippen LogP contribution in [0.15, 0.2) is 64.2 Å². The number of nitrogens with zero attached hydrogens (tertiary/aromatic N) is 2. The number of rotatable bonds is 4. The van der Waals surface area contributed by atoms with Crippen LogP contribution in [0.2, 0.25) is 0 Å². The van der Waals surface area contributed by atoms with E-state index in [0.29, 0.717) is 0 Å². The molecule has 0 bridgehead atoms. The first-order chi connectivity index (χ1) is 10.3. The van der Waals surface area contributed by atoms with Gasteiger partial charge in [-0.1, -0.05) is 53.8 Å². The molecule has 1 heterocycles. The Bertz CT molecular complexity index is 760. The lowest BCUT2D eigenvalue weighted by Crippen LogP contribution is -1.88. The van der Waals surface area contributed by atoms with E-state index in [4.69, 9.17) is 0 Å². The van der Waals surface area contributed by atoms with Crippen LogP contribution in [0.3, 0.4) is 0 Å². The molecule has 3 nitrogen and oxygen atoms in total. The number of halogens is 1. The molecule has 3 aromatic rings. The maximum Gasteiger partial charge on any atom is 0.204 e. The lowest BCUT2D eigenvalue weighted by molar-refractivity contribution is 1.31. The van der Waals surface area contributed by atoms with Gasteiger partial charge in [0.1, 0.15) is 0 Å². The van der Waals surface area contributed by atoms with E-state index in [1.807, 2.05) is 60.7 Å². The predicted molar refractivity (Wildman–Crippen MR) is 95.1 cm³/mol. The van der Waals surface area contributed by atoms with Crippen LogP contribution in [-0.2, 0) is 0 Å². The van der Waals surface area contributed by atoms with Gasteiger partial charge >= 0.3 is 0 Å². The summed E-state index contributed by atoms with van der Waals surface area (Å²) >= 11 is 5.06. The summed E-state index contributed by atoms with van der Waals surface area (Å²) in [6.45, 7) is 0. The third-order valence-corrected chi connectivity index (χ3v) is 4.12. The minimum Gasteiger partial charge on any atom is -0.253 e. The summed E-state index contributed by atoms with van der Waals surface area (Å²) in [5.74, 6) is 0. The molecule has 0 fully saturated rings. The normalized spacial score (nSPS) is 12.1. The highest BCUT2D eigenvalue weighted by Gasteiger charge is 2.00. The molecule has 0 spiro atoms. The lowest BCUT2D eigenvalue weighted by atomic mass is 10.2. The number of hydrogen-bond acceptors (Lipinski definition) is 4. The minimum atomic E-state index is 0.785. The van der Waals surface area contributed by atoms with E-state index in [9.17, 15) is 0 Å². The second kappa shape index (κ2) is 6.65. The van der Waals surface area contributed by atoms with Crippen molar-refractivity contribution in [2.45, 2.75) is 0 Å². The van der Waals surface area contributed by atoms with E-state index in [1.165, 1.54) is 0 Å². The molecule has 0 amide bonds. The van der Waals surface area contributed by atoms with E-state index in [2.05, 4.69) is 31.4 Å². The molecule has 0 radical (unpaired) electrons. The number of benzene rings is 2. The largest absolute Gasteiger partial charge is 0.253 e. The number of thiazole rings is 1. The van der Waals surface area contributed by atoms with Crippen LogP contribution in [0.25, 0.3) is 16.3 Å². The Kier molecular flexibility index (Phi) is 4.43. The van der Waals surface area contributed by atoms with Crippen LogP contribution in [0, 0.1) is 0 Å². The number of anilines is 1. The van der Waals surface area contributed by atoms with Gasteiger partial charge in [-0.3, -0.25) is 5.43 Å². The van der Waals surface area contributed by atoms with Gasteiger partial charge in [-0.2, -0.15) is 5.10 Å². The molecule has 0 atom stereocenters. The summed E-state index contributed by atoms with van der Waals surface area (Å²) in [5.41, 5.74) is 5.06. The number of hydrogen-bond donors (Lipinski definition) is 1. The summed E-state index contributed by atoms with van der Waals surface area (Å²) in [5, 5.41) is 4.98. The molecule has 2 aromatic carbocycles. The Morgan fingerprint density at radius 3 is 2.67 bits per heavy atom. The molecule has 3 rings (SSSR count). The van der Waals surface area contributed by atoms with Crippen molar-refractivity contribution in [1.29, 1.82) is 0 Å². The highest BCUT2D eigenvalue weighted by atomic mass is 79.9. The van der Waals surface area contributed by atoms with Crippen LogP contribution in [0.5, 0.6) is 0 Å². The Morgan fingerprint density at radius 2 is 1.86 bits per heavy atom. The van der Waals surface area contributed by atoms with Crippen LogP contribution in [0.4, 0.5) is 5.13 Å². The number of para-hydroxylation sites is 1. The van der Waals surface area contributed by atoms with Gasteiger partial charge in [0.2, 0.25) is 5.13 Å². The summed E-state index contributed by atoms with van der Waals surface area (Å²) < 4.78 is 2.04. The zero-order chi connectivity index (χ0) is 14.5. The average molecular weight is 358 g/mol. The van der Waals surface area contributed by atoms with Crippen molar-refractivity contribution in [2.24, 2.45) is 5.10 Å². The predicted octanol–water partition coefficient (Wildman–Crippen LogP) is 5.13. The van der Waals surface area contributed by atoms with E-state index >= 15 is 0 Å². The smallest absolute Gasteiger partial charge is 0.204 e. The molecule has 0 saturated heterocycles. The Balaban J connectivity index is 1.67. The minimum absolute atomic E-state index is 0.785. The first-order valence-electron chi connectivity index (χ1n) is 6.38. The van der Waals surface area contributed by atoms with Gasteiger partial charge < -0.3 is 0 Å². The first-order valence-corrected chi connectivity index (χ1v) is 7.99. The van der Waals surface area contributed by atoms with Crippen molar-refractivity contribution in [3.8, 4) is 0 Å². The number of hydrazone groups is 1. The van der Waals surface area contributed by atoms with Crippen molar-refractivity contribution in [3.63, 3.8) is 0 Å². The topological polar surface area (TPSA) is 37.3 Å². The zero-order valence-corrected chi connectivity index (χ0v) is 13.4. The molecule has 1 aromatic heterocycles. The third kappa shape index (κ3) is 3.77. The molecular weight excluding hydrogens is 346 g/mol. The summed E-state index contributed by atoms with van der Waals surface area (Å²) in [4.78, 5) is 4.45. The highest BCUT2D eigenvalue weighted by Crippen LogP contribution is 2.25. The van der Waals surface area contributed by atoms with Crippen LogP contribution >= 0.6 is 27.3 Å². The fourth-order valence-corrected chi connectivity index (χ4v) is 3.00. The van der Waals surface area contributed by atoms with Gasteiger partial charge in [-0.15, -0.1) is 0 Å². The molecule has 0 aliphatic heterocycles. The maximum absolute atomic E-state index is 4.45. The molecule has 0 unspecified atom stereocenters. The highest BCUT2D eigenvalue weighted by molar-refractivity contribution is 9.12. The van der Waals surface area contributed by atoms with E-state index in [1.54, 1.807) is 17.6 Å². The second-order valence-corrected chi connectivity index (χ2v) is 6.24. The molecule has 5 heteroatoms. The first kappa shape index (κ1) is 14.0. The SMILES string of the molecule is BrC(=C\c1ccccc1)/C=N/Nc1nc2ccccc2s1. The van der Waals surface area contributed by atoms with Gasteiger partial charge in [0.15, 0.2) is 0 Å². The van der Waals surface area contributed by atoms with Gasteiger partial charge in [0.25, 0.3) is 0 Å². The molecular formula is C16H12BrN3S. The Morgan fingerprint density at radius 1 is 1.10 bits per heavy atom. The molecule has 0 saturated carbocycles. The lowest BCUT2D eigenvalue weighted by Gasteiger charge is -1.94. The fourth-order valence-electron chi connectivity index (χ4n) is 1.81. The van der Waals surface area contributed by atoms with Crippen molar-refractivity contribution in [1.82, 2.24) is 4.98 Å². The third-order valence-electron chi connectivity index (χ3n) is 2.75. The van der Waals surface area contributed by atoms with E-state index < -0.39 is 0 Å². The molecule has 21 heavy (non-hydrogen) atoms. The number of aromatic nitrogens is 1. The van der Waals surface area contributed by atoms with Gasteiger partial charge in [0.05, 0.1) is 16.4 Å². The Labute approximate surface area is 135 Å². The Hall–Kier alpha value is -1.98. The molecule has 0 aliphatic carbocycles. The standard InChI is InChI=1S/C16H12BrN3S/c17-13(10-12-6-2-1-3-7-12)11-18-20-16-19-14-8-4-5-9-15(14)21-16/h1-11H,(H,19,20)/b13-10-,18-11+. The summed E-state index contributed by atoms with van der Waals surface area (Å²) in [6, 6.07) is 18.1. The van der Waals surface area contributed by atoms with Crippen LogP contribution in [0.1, 0.15) is 5.56 Å². The summed E-state index contributed by atoms with van der Waals surface area (Å²) in [6.07, 6.45) is 3.72. The second-order valence-electron chi connectivity index (χ2n) is 4.30. The van der Waals surface area contributed by atoms with E-state index in [0.717, 1.165) is 25.4 Å². The average Bonchev–Trinajstić information content (AvgIpc) is 2.91. The monoisotopic (exact) mass is 357 g/mol. The van der Waals surface area contributed by atoms with Crippen molar-refractivity contribution in [2.75, 3.05) is 5.43 Å². The molecule has 104 valence electrons. The summed E-state index contributed by atoms with van der Waals surface area (Å²) in [7, 11) is 0. The van der Waals surface area contributed by atoms with Crippen molar-refractivity contribution >= 4 is 54.9 Å². The quantitative estimate of drug-likeness (QED) is 0.519.